The lowest BCUT2D eigenvalue weighted by molar-refractivity contribution is -0.946. The number of piperidine rings is 3. The Labute approximate surface area is 230 Å². The van der Waals surface area contributed by atoms with Crippen LogP contribution in [-0.2, 0) is 16.1 Å². The summed E-state index contributed by atoms with van der Waals surface area (Å²) >= 11 is 0. The Bertz CT molecular complexity index is 1230. The lowest BCUT2D eigenvalue weighted by atomic mass is 9.83. The maximum Gasteiger partial charge on any atom is 0.415 e. The van der Waals surface area contributed by atoms with Gasteiger partial charge in [0.25, 0.3) is 0 Å². The molecule has 0 aromatic heterocycles. The number of benzene rings is 3. The first-order valence-corrected chi connectivity index (χ1v) is 13.9. The lowest BCUT2D eigenvalue weighted by Gasteiger charge is -2.52. The van der Waals surface area contributed by atoms with E-state index in [0.29, 0.717) is 19.1 Å². The third kappa shape index (κ3) is 6.98. The zero-order valence-corrected chi connectivity index (χ0v) is 22.6. The third-order valence-corrected chi connectivity index (χ3v) is 7.99. The van der Waals surface area contributed by atoms with Crippen LogP contribution in [0.4, 0.5) is 16.2 Å². The number of carbonyl (C=O) groups is 2. The summed E-state index contributed by atoms with van der Waals surface area (Å²) in [4.78, 5) is 26.5. The van der Waals surface area contributed by atoms with Crippen LogP contribution in [-0.4, -0.2) is 55.4 Å². The second kappa shape index (κ2) is 12.3. The average molecular weight is 529 g/mol. The van der Waals surface area contributed by atoms with Crippen molar-refractivity contribution in [2.75, 3.05) is 43.0 Å². The standard InChI is InChI=1S/C32H37N3O4/c1-25(36)33-28-13-15-30(16-14-28)38-22-8-19-35-20-17-27(18-21-35)31(24-35)39-32(37)34(29-11-6-3-7-12-29)23-26-9-4-2-5-10-26/h2-7,9-16,27,31H,8,17-24H2,1H3/p+1/t27?,31-,35?/m0/s1. The number of carbonyl (C=O) groups excluding carboxylic acids is 2. The molecule has 1 N–H and O–H groups in total. The zero-order valence-electron chi connectivity index (χ0n) is 22.6. The summed E-state index contributed by atoms with van der Waals surface area (Å²) in [6.45, 7) is 6.76. The normalized spacial score (nSPS) is 21.7. The molecule has 3 fully saturated rings. The molecule has 6 rings (SSSR count). The Balaban J connectivity index is 1.16. The third-order valence-electron chi connectivity index (χ3n) is 7.99. The SMILES string of the molecule is CC(=O)Nc1ccc(OCCC[N+]23CCC(CC2)[C@@H](OC(=O)N(Cc2ccccc2)c2ccccc2)C3)cc1. The van der Waals surface area contributed by atoms with Gasteiger partial charge in [-0.3, -0.25) is 9.69 Å². The highest BCUT2D eigenvalue weighted by atomic mass is 16.6. The molecule has 3 aliphatic rings. The van der Waals surface area contributed by atoms with E-state index >= 15 is 0 Å². The molecule has 0 aliphatic carbocycles. The first kappa shape index (κ1) is 26.8. The summed E-state index contributed by atoms with van der Waals surface area (Å²) < 4.78 is 13.2. The van der Waals surface area contributed by atoms with Crippen LogP contribution in [0.3, 0.4) is 0 Å². The molecule has 3 aliphatic heterocycles. The molecule has 7 heteroatoms. The van der Waals surface area contributed by atoms with Crippen molar-refractivity contribution < 1.29 is 23.5 Å². The van der Waals surface area contributed by atoms with Gasteiger partial charge >= 0.3 is 6.09 Å². The van der Waals surface area contributed by atoms with Gasteiger partial charge in [0, 0.05) is 43.5 Å². The summed E-state index contributed by atoms with van der Waals surface area (Å²) in [6, 6.07) is 27.3. The fraction of sp³-hybridized carbons (Fsp3) is 0.375. The molecular weight excluding hydrogens is 490 g/mol. The van der Waals surface area contributed by atoms with E-state index in [1.165, 1.54) is 6.92 Å². The Hall–Kier alpha value is -3.84. The van der Waals surface area contributed by atoms with E-state index in [2.05, 4.69) is 5.32 Å². The molecule has 0 radical (unpaired) electrons. The van der Waals surface area contributed by atoms with Gasteiger partial charge in [0.2, 0.25) is 5.91 Å². The maximum absolute atomic E-state index is 13.6. The predicted octanol–water partition coefficient (Wildman–Crippen LogP) is 5.87. The molecule has 0 spiro atoms. The molecule has 3 aromatic carbocycles. The summed E-state index contributed by atoms with van der Waals surface area (Å²) in [6.07, 6.45) is 2.78. The molecule has 3 aromatic rings. The largest absolute Gasteiger partial charge is 0.493 e. The van der Waals surface area contributed by atoms with Crippen molar-refractivity contribution in [1.82, 2.24) is 0 Å². The summed E-state index contributed by atoms with van der Waals surface area (Å²) in [7, 11) is 0. The summed E-state index contributed by atoms with van der Waals surface area (Å²) in [5, 5.41) is 2.77. The molecule has 1 atom stereocenters. The molecule has 204 valence electrons. The topological polar surface area (TPSA) is 67.9 Å². The first-order chi connectivity index (χ1) is 19.0. The highest BCUT2D eigenvalue weighted by Gasteiger charge is 2.47. The van der Waals surface area contributed by atoms with Crippen molar-refractivity contribution >= 4 is 23.4 Å². The van der Waals surface area contributed by atoms with Crippen LogP contribution < -0.4 is 15.0 Å². The van der Waals surface area contributed by atoms with Gasteiger partial charge in [-0.25, -0.2) is 4.79 Å². The van der Waals surface area contributed by atoms with Gasteiger partial charge in [-0.2, -0.15) is 0 Å². The Kier molecular flexibility index (Phi) is 8.47. The Morgan fingerprint density at radius 1 is 0.923 bits per heavy atom. The minimum atomic E-state index is -0.270. The van der Waals surface area contributed by atoms with Crippen LogP contribution in [0.15, 0.2) is 84.9 Å². The maximum atomic E-state index is 13.6. The fourth-order valence-electron chi connectivity index (χ4n) is 5.93. The number of rotatable bonds is 10. The van der Waals surface area contributed by atoms with E-state index in [0.717, 1.165) is 72.6 Å². The molecule has 3 heterocycles. The van der Waals surface area contributed by atoms with E-state index in [4.69, 9.17) is 9.47 Å². The number of ether oxygens (including phenoxy) is 2. The number of quaternary nitrogens is 1. The summed E-state index contributed by atoms with van der Waals surface area (Å²) in [5.74, 6) is 1.14. The van der Waals surface area contributed by atoms with Crippen molar-refractivity contribution in [2.24, 2.45) is 5.92 Å². The van der Waals surface area contributed by atoms with Gasteiger partial charge < -0.3 is 19.3 Å². The van der Waals surface area contributed by atoms with E-state index in [-0.39, 0.29) is 18.1 Å². The van der Waals surface area contributed by atoms with Crippen molar-refractivity contribution in [3.8, 4) is 5.75 Å². The first-order valence-electron chi connectivity index (χ1n) is 13.9. The average Bonchev–Trinajstić information content (AvgIpc) is 2.96. The van der Waals surface area contributed by atoms with Crippen molar-refractivity contribution in [1.29, 1.82) is 0 Å². The minimum Gasteiger partial charge on any atom is -0.493 e. The van der Waals surface area contributed by atoms with Gasteiger partial charge in [0.15, 0.2) is 6.10 Å². The number of hydrogen-bond acceptors (Lipinski definition) is 4. The molecule has 0 unspecified atom stereocenters. The predicted molar refractivity (Wildman–Crippen MR) is 153 cm³/mol. The van der Waals surface area contributed by atoms with E-state index in [1.807, 2.05) is 84.9 Å². The van der Waals surface area contributed by atoms with Gasteiger partial charge in [-0.1, -0.05) is 48.5 Å². The number of anilines is 2. The molecule has 0 saturated carbocycles. The minimum absolute atomic E-state index is 0.0655. The van der Waals surface area contributed by atoms with Crippen molar-refractivity contribution in [3.05, 3.63) is 90.5 Å². The Morgan fingerprint density at radius 2 is 1.59 bits per heavy atom. The highest BCUT2D eigenvalue weighted by Crippen LogP contribution is 2.36. The Morgan fingerprint density at radius 3 is 2.26 bits per heavy atom. The van der Waals surface area contributed by atoms with Crippen LogP contribution in [0.25, 0.3) is 0 Å². The molecule has 39 heavy (non-hydrogen) atoms. The van der Waals surface area contributed by atoms with E-state index in [1.54, 1.807) is 4.90 Å². The van der Waals surface area contributed by atoms with Gasteiger partial charge in [-0.15, -0.1) is 0 Å². The molecular formula is C32H38N3O4+. The second-order valence-electron chi connectivity index (χ2n) is 10.8. The number of hydrogen-bond donors (Lipinski definition) is 1. The molecule has 2 amide bonds. The van der Waals surface area contributed by atoms with E-state index < -0.39 is 0 Å². The van der Waals surface area contributed by atoms with Gasteiger partial charge in [0.1, 0.15) is 12.3 Å². The van der Waals surface area contributed by atoms with Crippen LogP contribution >= 0.6 is 0 Å². The highest BCUT2D eigenvalue weighted by molar-refractivity contribution is 5.88. The van der Waals surface area contributed by atoms with Crippen LogP contribution in [0.5, 0.6) is 5.75 Å². The fourth-order valence-corrected chi connectivity index (χ4v) is 5.93. The van der Waals surface area contributed by atoms with E-state index in [9.17, 15) is 9.59 Å². The lowest BCUT2D eigenvalue weighted by Crippen LogP contribution is -2.65. The number of amides is 2. The number of nitrogens with zero attached hydrogens (tertiary/aromatic N) is 2. The quantitative estimate of drug-likeness (QED) is 0.264. The number of para-hydroxylation sites is 1. The van der Waals surface area contributed by atoms with Crippen LogP contribution in [0, 0.1) is 5.92 Å². The molecule has 2 bridgehead atoms. The van der Waals surface area contributed by atoms with Gasteiger partial charge in [0.05, 0.1) is 32.8 Å². The van der Waals surface area contributed by atoms with Gasteiger partial charge in [-0.05, 0) is 42.0 Å². The monoisotopic (exact) mass is 528 g/mol. The number of fused-ring (bicyclic) bond motifs is 3. The summed E-state index contributed by atoms with van der Waals surface area (Å²) in [5.41, 5.74) is 2.68. The van der Waals surface area contributed by atoms with Crippen LogP contribution in [0.1, 0.15) is 31.7 Å². The molecule has 3 saturated heterocycles. The number of nitrogens with one attached hydrogen (secondary N) is 1. The second-order valence-corrected chi connectivity index (χ2v) is 10.8. The van der Waals surface area contributed by atoms with Crippen LogP contribution in [0.2, 0.25) is 0 Å². The zero-order chi connectivity index (χ0) is 27.1. The van der Waals surface area contributed by atoms with Crippen molar-refractivity contribution in [2.45, 2.75) is 38.8 Å². The van der Waals surface area contributed by atoms with Crippen molar-refractivity contribution in [3.63, 3.8) is 0 Å². The smallest absolute Gasteiger partial charge is 0.415 e. The molecule has 7 nitrogen and oxygen atoms in total.